The van der Waals surface area contributed by atoms with E-state index in [0.717, 1.165) is 37.8 Å². The summed E-state index contributed by atoms with van der Waals surface area (Å²) in [5.41, 5.74) is 2.14. The van der Waals surface area contributed by atoms with Crippen molar-refractivity contribution >= 4 is 23.4 Å². The predicted molar refractivity (Wildman–Crippen MR) is 114 cm³/mol. The Hall–Kier alpha value is -3.09. The van der Waals surface area contributed by atoms with Crippen LogP contribution in [-0.4, -0.2) is 61.5 Å². The summed E-state index contributed by atoms with van der Waals surface area (Å²) < 4.78 is 0. The third-order valence-electron chi connectivity index (χ3n) is 4.70. The average molecular weight is 380 g/mol. The normalized spacial score (nSPS) is 14.7. The van der Waals surface area contributed by atoms with E-state index in [-0.39, 0.29) is 5.91 Å². The molecule has 0 bridgehead atoms. The number of nitrogens with one attached hydrogen (secondary N) is 2. The molecule has 148 valence electrons. The molecule has 0 atom stereocenters. The maximum absolute atomic E-state index is 12.1. The lowest BCUT2D eigenvalue weighted by Gasteiger charge is -2.37. The molecule has 3 rings (SSSR count). The van der Waals surface area contributed by atoms with Gasteiger partial charge in [-0.2, -0.15) is 0 Å². The van der Waals surface area contributed by atoms with Gasteiger partial charge in [0.2, 0.25) is 5.91 Å². The average Bonchev–Trinajstić information content (AvgIpc) is 2.72. The van der Waals surface area contributed by atoms with E-state index in [4.69, 9.17) is 0 Å². The van der Waals surface area contributed by atoms with Crippen LogP contribution in [0.2, 0.25) is 0 Å². The van der Waals surface area contributed by atoms with Gasteiger partial charge in [-0.05, 0) is 31.2 Å². The van der Waals surface area contributed by atoms with E-state index in [2.05, 4.69) is 54.7 Å². The van der Waals surface area contributed by atoms with E-state index in [1.807, 2.05) is 25.1 Å². The van der Waals surface area contributed by atoms with Gasteiger partial charge >= 0.3 is 0 Å². The molecule has 2 aromatic rings. The fraction of sp³-hybridized carbons (Fsp3) is 0.381. The molecule has 0 radical (unpaired) electrons. The number of aliphatic imine (C=N–C) groups is 1. The minimum absolute atomic E-state index is 0.0602. The van der Waals surface area contributed by atoms with Crippen LogP contribution in [0.4, 0.5) is 11.5 Å². The van der Waals surface area contributed by atoms with Crippen molar-refractivity contribution in [2.24, 2.45) is 4.99 Å². The lowest BCUT2D eigenvalue weighted by molar-refractivity contribution is -0.116. The highest BCUT2D eigenvalue weighted by Gasteiger charge is 2.19. The molecular weight excluding hydrogens is 352 g/mol. The zero-order chi connectivity index (χ0) is 19.8. The summed E-state index contributed by atoms with van der Waals surface area (Å²) >= 11 is 0. The second kappa shape index (κ2) is 9.73. The van der Waals surface area contributed by atoms with Crippen LogP contribution in [0.5, 0.6) is 0 Å². The summed E-state index contributed by atoms with van der Waals surface area (Å²) in [7, 11) is 1.78. The number of aromatic nitrogens is 1. The molecule has 0 spiro atoms. The summed E-state index contributed by atoms with van der Waals surface area (Å²) in [5, 5.41) is 6.13. The Morgan fingerprint density at radius 3 is 2.50 bits per heavy atom. The molecule has 7 heteroatoms. The van der Waals surface area contributed by atoms with E-state index in [1.54, 1.807) is 13.1 Å². The lowest BCUT2D eigenvalue weighted by Crippen LogP contribution is -2.52. The van der Waals surface area contributed by atoms with Crippen LogP contribution in [-0.2, 0) is 4.79 Å². The Morgan fingerprint density at radius 2 is 1.82 bits per heavy atom. The highest BCUT2D eigenvalue weighted by atomic mass is 16.1. The van der Waals surface area contributed by atoms with Gasteiger partial charge in [0.15, 0.2) is 5.96 Å². The van der Waals surface area contributed by atoms with Gasteiger partial charge in [-0.15, -0.1) is 0 Å². The number of para-hydroxylation sites is 1. The smallest absolute Gasteiger partial charge is 0.227 e. The third-order valence-corrected chi connectivity index (χ3v) is 4.70. The summed E-state index contributed by atoms with van der Waals surface area (Å²) in [4.78, 5) is 25.4. The number of carbonyl (C=O) groups excluding carboxylic acids is 1. The van der Waals surface area contributed by atoms with Crippen molar-refractivity contribution in [3.05, 3.63) is 54.2 Å². The van der Waals surface area contributed by atoms with Crippen LogP contribution in [0.25, 0.3) is 0 Å². The molecule has 1 fully saturated rings. The molecule has 1 aromatic carbocycles. The maximum Gasteiger partial charge on any atom is 0.227 e. The number of guanidine groups is 1. The van der Waals surface area contributed by atoms with E-state index in [1.165, 1.54) is 5.69 Å². The zero-order valence-corrected chi connectivity index (χ0v) is 16.6. The van der Waals surface area contributed by atoms with E-state index in [0.29, 0.717) is 18.8 Å². The minimum atomic E-state index is -0.0602. The molecule has 2 N–H and O–H groups in total. The van der Waals surface area contributed by atoms with Crippen molar-refractivity contribution < 1.29 is 4.79 Å². The number of anilines is 2. The zero-order valence-electron chi connectivity index (χ0n) is 16.6. The monoisotopic (exact) mass is 380 g/mol. The second-order valence-electron chi connectivity index (χ2n) is 6.75. The van der Waals surface area contributed by atoms with Crippen LogP contribution in [0.3, 0.4) is 0 Å². The van der Waals surface area contributed by atoms with Gasteiger partial charge in [0.1, 0.15) is 5.82 Å². The number of hydrogen-bond acceptors (Lipinski definition) is 4. The van der Waals surface area contributed by atoms with Gasteiger partial charge in [-0.1, -0.05) is 24.3 Å². The summed E-state index contributed by atoms with van der Waals surface area (Å²) in [6.07, 6.45) is 0.360. The number of piperazine rings is 1. The number of hydrogen-bond donors (Lipinski definition) is 2. The highest BCUT2D eigenvalue weighted by Crippen LogP contribution is 2.15. The first-order valence-corrected chi connectivity index (χ1v) is 9.65. The highest BCUT2D eigenvalue weighted by molar-refractivity contribution is 5.90. The van der Waals surface area contributed by atoms with Gasteiger partial charge in [-0.3, -0.25) is 9.79 Å². The summed E-state index contributed by atoms with van der Waals surface area (Å²) in [6.45, 7) is 6.12. The number of aryl methyl sites for hydroxylation is 1. The molecule has 2 heterocycles. The summed E-state index contributed by atoms with van der Waals surface area (Å²) in [5.74, 6) is 1.37. The number of carbonyl (C=O) groups is 1. The number of rotatable bonds is 5. The van der Waals surface area contributed by atoms with Crippen LogP contribution in [0, 0.1) is 6.92 Å². The number of amides is 1. The van der Waals surface area contributed by atoms with E-state index in [9.17, 15) is 4.79 Å². The molecule has 0 saturated carbocycles. The van der Waals surface area contributed by atoms with Gasteiger partial charge in [0.25, 0.3) is 0 Å². The summed E-state index contributed by atoms with van der Waals surface area (Å²) in [6, 6.07) is 16.0. The van der Waals surface area contributed by atoms with Crippen molar-refractivity contribution in [1.82, 2.24) is 15.2 Å². The Morgan fingerprint density at radius 1 is 1.07 bits per heavy atom. The van der Waals surface area contributed by atoms with Crippen molar-refractivity contribution in [1.29, 1.82) is 0 Å². The first-order chi connectivity index (χ1) is 13.7. The van der Waals surface area contributed by atoms with Crippen molar-refractivity contribution in [3.63, 3.8) is 0 Å². The molecule has 0 unspecified atom stereocenters. The van der Waals surface area contributed by atoms with Crippen LogP contribution < -0.4 is 15.5 Å². The van der Waals surface area contributed by atoms with Crippen LogP contribution in [0.15, 0.2) is 53.5 Å². The second-order valence-corrected chi connectivity index (χ2v) is 6.75. The molecule has 1 aliphatic rings. The molecule has 1 saturated heterocycles. The standard InChI is InChI=1S/C21H28N6O/c1-17-7-6-10-19(24-17)25-20(28)11-12-23-21(22-2)27-15-13-26(14-16-27)18-8-4-3-5-9-18/h3-10H,11-16H2,1-2H3,(H,22,23)(H,24,25,28). The van der Waals surface area contributed by atoms with Gasteiger partial charge < -0.3 is 20.4 Å². The number of benzene rings is 1. The SMILES string of the molecule is CN=C(NCCC(=O)Nc1cccc(C)n1)N1CCN(c2ccccc2)CC1. The molecule has 1 aliphatic heterocycles. The fourth-order valence-electron chi connectivity index (χ4n) is 3.25. The minimum Gasteiger partial charge on any atom is -0.368 e. The Bertz CT molecular complexity index is 800. The Kier molecular flexibility index (Phi) is 6.84. The molecule has 1 aromatic heterocycles. The van der Waals surface area contributed by atoms with Crippen LogP contribution >= 0.6 is 0 Å². The van der Waals surface area contributed by atoms with Gasteiger partial charge in [0.05, 0.1) is 0 Å². The molecule has 0 aliphatic carbocycles. The quantitative estimate of drug-likeness (QED) is 0.614. The molecule has 7 nitrogen and oxygen atoms in total. The van der Waals surface area contributed by atoms with Crippen LogP contribution in [0.1, 0.15) is 12.1 Å². The third kappa shape index (κ3) is 5.45. The lowest BCUT2D eigenvalue weighted by atomic mass is 10.2. The predicted octanol–water partition coefficient (Wildman–Crippen LogP) is 2.12. The molecule has 28 heavy (non-hydrogen) atoms. The van der Waals surface area contributed by atoms with Crippen molar-refractivity contribution in [2.75, 3.05) is 50.0 Å². The maximum atomic E-state index is 12.1. The van der Waals surface area contributed by atoms with Crippen molar-refractivity contribution in [3.8, 4) is 0 Å². The molecular formula is C21H28N6O. The van der Waals surface area contributed by atoms with E-state index < -0.39 is 0 Å². The largest absolute Gasteiger partial charge is 0.368 e. The van der Waals surface area contributed by atoms with Crippen molar-refractivity contribution in [2.45, 2.75) is 13.3 Å². The fourth-order valence-corrected chi connectivity index (χ4v) is 3.25. The van der Waals surface area contributed by atoms with E-state index >= 15 is 0 Å². The molecule has 1 amide bonds. The number of pyridine rings is 1. The first-order valence-electron chi connectivity index (χ1n) is 9.65. The topological polar surface area (TPSA) is 72.9 Å². The Labute approximate surface area is 166 Å². The van der Waals surface area contributed by atoms with Gasteiger partial charge in [-0.25, -0.2) is 4.98 Å². The Balaban J connectivity index is 1.42. The number of nitrogens with zero attached hydrogens (tertiary/aromatic N) is 4. The van der Waals surface area contributed by atoms with Gasteiger partial charge in [0, 0.05) is 57.6 Å². The first kappa shape index (κ1) is 19.7.